The van der Waals surface area contributed by atoms with Crippen molar-refractivity contribution >= 4 is 20.0 Å². The van der Waals surface area contributed by atoms with Crippen molar-refractivity contribution in [3.8, 4) is 0 Å². The summed E-state index contributed by atoms with van der Waals surface area (Å²) in [7, 11) is -8.58. The Morgan fingerprint density at radius 3 is 1.87 bits per heavy atom. The number of hydrogen-bond acceptors (Lipinski definition) is 4. The molecule has 5 nitrogen and oxygen atoms in total. The highest BCUT2D eigenvalue weighted by Gasteiger charge is 2.34. The van der Waals surface area contributed by atoms with Crippen molar-refractivity contribution in [3.05, 3.63) is 35.9 Å². The fraction of sp³-hybridized carbons (Fsp3) is 0.250. The SMILES string of the molecule is CS(=O)(=O)C(c1ccccc1)S(=O)(=O)O. The van der Waals surface area contributed by atoms with Gasteiger partial charge in [0.25, 0.3) is 10.1 Å². The van der Waals surface area contributed by atoms with Crippen LogP contribution in [0.15, 0.2) is 30.3 Å². The second-order valence-electron chi connectivity index (χ2n) is 3.09. The zero-order chi connectivity index (χ0) is 11.7. The quantitative estimate of drug-likeness (QED) is 0.794. The molecule has 1 atom stereocenters. The molecule has 0 amide bonds. The van der Waals surface area contributed by atoms with Crippen molar-refractivity contribution in [1.82, 2.24) is 0 Å². The van der Waals surface area contributed by atoms with Gasteiger partial charge >= 0.3 is 0 Å². The second kappa shape index (κ2) is 3.92. The minimum Gasteiger partial charge on any atom is -0.284 e. The number of hydrogen-bond donors (Lipinski definition) is 1. The van der Waals surface area contributed by atoms with Crippen LogP contribution in [0.25, 0.3) is 0 Å². The highest BCUT2D eigenvalue weighted by Crippen LogP contribution is 2.26. The van der Waals surface area contributed by atoms with Crippen molar-refractivity contribution in [2.75, 3.05) is 6.26 Å². The molecule has 1 aromatic rings. The summed E-state index contributed by atoms with van der Waals surface area (Å²) in [6.45, 7) is 0. The summed E-state index contributed by atoms with van der Waals surface area (Å²) in [5, 5.41) is 0. The van der Waals surface area contributed by atoms with Gasteiger partial charge in [0.05, 0.1) is 0 Å². The van der Waals surface area contributed by atoms with Gasteiger partial charge in [0, 0.05) is 6.26 Å². The molecule has 0 bridgehead atoms. The Bertz CT molecular complexity index is 498. The topological polar surface area (TPSA) is 88.5 Å². The average molecular weight is 250 g/mol. The van der Waals surface area contributed by atoms with Crippen LogP contribution >= 0.6 is 0 Å². The minimum absolute atomic E-state index is 0.0301. The lowest BCUT2D eigenvalue weighted by atomic mass is 10.2. The van der Waals surface area contributed by atoms with Crippen molar-refractivity contribution in [2.45, 2.75) is 4.58 Å². The highest BCUT2D eigenvalue weighted by atomic mass is 32.3. The average Bonchev–Trinajstić information content (AvgIpc) is 2.00. The first kappa shape index (κ1) is 12.2. The van der Waals surface area contributed by atoms with E-state index >= 15 is 0 Å². The molecule has 1 rings (SSSR count). The molecule has 0 saturated heterocycles. The van der Waals surface area contributed by atoms with Gasteiger partial charge in [0.2, 0.25) is 4.58 Å². The van der Waals surface area contributed by atoms with Gasteiger partial charge in [0.1, 0.15) is 0 Å². The van der Waals surface area contributed by atoms with Gasteiger partial charge in [-0.25, -0.2) is 8.42 Å². The van der Waals surface area contributed by atoms with E-state index in [-0.39, 0.29) is 5.56 Å². The summed E-state index contributed by atoms with van der Waals surface area (Å²) in [5.74, 6) is 0. The van der Waals surface area contributed by atoms with Crippen LogP contribution in [0.5, 0.6) is 0 Å². The minimum atomic E-state index is -4.66. The highest BCUT2D eigenvalue weighted by molar-refractivity contribution is 8.05. The smallest absolute Gasteiger partial charge is 0.284 e. The molecular formula is C8H10O5S2. The van der Waals surface area contributed by atoms with Crippen LogP contribution in [0.1, 0.15) is 10.1 Å². The van der Waals surface area contributed by atoms with Gasteiger partial charge in [-0.15, -0.1) is 0 Å². The Hall–Kier alpha value is -0.920. The molecule has 1 N–H and O–H groups in total. The molecule has 0 saturated carbocycles. The van der Waals surface area contributed by atoms with E-state index in [1.54, 1.807) is 6.07 Å². The van der Waals surface area contributed by atoms with Crippen LogP contribution in [0.3, 0.4) is 0 Å². The Labute approximate surface area is 88.4 Å². The first-order valence-electron chi connectivity index (χ1n) is 3.93. The number of sulfone groups is 1. The summed E-state index contributed by atoms with van der Waals surface area (Å²) < 4.78 is 51.3. The number of benzene rings is 1. The van der Waals surface area contributed by atoms with Crippen LogP contribution in [-0.4, -0.2) is 27.6 Å². The van der Waals surface area contributed by atoms with Gasteiger partial charge < -0.3 is 0 Å². The molecule has 0 aromatic heterocycles. The standard InChI is InChI=1S/C8H10O5S2/c1-14(9,10)8(15(11,12)13)7-5-3-2-4-6-7/h2-6,8H,1H3,(H,11,12,13). The molecular weight excluding hydrogens is 240 g/mol. The maximum Gasteiger partial charge on any atom is 0.286 e. The predicted molar refractivity (Wildman–Crippen MR) is 55.6 cm³/mol. The largest absolute Gasteiger partial charge is 0.286 e. The van der Waals surface area contributed by atoms with E-state index in [4.69, 9.17) is 4.55 Å². The van der Waals surface area contributed by atoms with E-state index in [0.29, 0.717) is 0 Å². The van der Waals surface area contributed by atoms with E-state index in [2.05, 4.69) is 0 Å². The molecule has 1 aromatic carbocycles. The maximum atomic E-state index is 11.2. The molecule has 0 heterocycles. The lowest BCUT2D eigenvalue weighted by Gasteiger charge is -2.11. The lowest BCUT2D eigenvalue weighted by Crippen LogP contribution is -2.20. The third-order valence-corrected chi connectivity index (χ3v) is 5.37. The molecule has 1 unspecified atom stereocenters. The van der Waals surface area contributed by atoms with Crippen molar-refractivity contribution in [2.24, 2.45) is 0 Å². The van der Waals surface area contributed by atoms with E-state index < -0.39 is 24.5 Å². The second-order valence-corrected chi connectivity index (χ2v) is 7.02. The van der Waals surface area contributed by atoms with E-state index in [0.717, 1.165) is 6.26 Å². The maximum absolute atomic E-state index is 11.2. The van der Waals surface area contributed by atoms with E-state index in [9.17, 15) is 16.8 Å². The van der Waals surface area contributed by atoms with Crippen molar-refractivity contribution < 1.29 is 21.4 Å². The summed E-state index contributed by atoms with van der Waals surface area (Å²) in [6, 6.07) is 7.28. The molecule has 84 valence electrons. The third kappa shape index (κ3) is 3.01. The fourth-order valence-electron chi connectivity index (χ4n) is 1.25. The third-order valence-electron chi connectivity index (χ3n) is 1.73. The molecule has 15 heavy (non-hydrogen) atoms. The zero-order valence-electron chi connectivity index (χ0n) is 7.86. The first-order chi connectivity index (χ1) is 6.73. The van der Waals surface area contributed by atoms with E-state index in [1.165, 1.54) is 24.3 Å². The molecule has 0 aliphatic rings. The van der Waals surface area contributed by atoms with Crippen LogP contribution in [0, 0.1) is 0 Å². The van der Waals surface area contributed by atoms with E-state index in [1.807, 2.05) is 0 Å². The summed E-state index contributed by atoms with van der Waals surface area (Å²) in [4.78, 5) is 0. The molecule has 0 fully saturated rings. The Morgan fingerprint density at radius 2 is 1.53 bits per heavy atom. The predicted octanol–water partition coefficient (Wildman–Crippen LogP) is 0.618. The molecule has 0 aliphatic heterocycles. The van der Waals surface area contributed by atoms with Crippen LogP contribution in [0.4, 0.5) is 0 Å². The molecule has 0 radical (unpaired) electrons. The van der Waals surface area contributed by atoms with Gasteiger partial charge in [-0.05, 0) is 5.56 Å². The van der Waals surface area contributed by atoms with Crippen molar-refractivity contribution in [1.29, 1.82) is 0 Å². The van der Waals surface area contributed by atoms with Crippen LogP contribution in [-0.2, 0) is 20.0 Å². The van der Waals surface area contributed by atoms with Gasteiger partial charge in [-0.2, -0.15) is 8.42 Å². The number of rotatable bonds is 3. The molecule has 0 spiro atoms. The summed E-state index contributed by atoms with van der Waals surface area (Å²) >= 11 is 0. The monoisotopic (exact) mass is 250 g/mol. The zero-order valence-corrected chi connectivity index (χ0v) is 9.49. The van der Waals surface area contributed by atoms with Gasteiger partial charge in [0.15, 0.2) is 9.84 Å². The van der Waals surface area contributed by atoms with Crippen molar-refractivity contribution in [3.63, 3.8) is 0 Å². The molecule has 0 aliphatic carbocycles. The fourth-order valence-corrected chi connectivity index (χ4v) is 4.17. The lowest BCUT2D eigenvalue weighted by molar-refractivity contribution is 0.478. The van der Waals surface area contributed by atoms with Gasteiger partial charge in [-0.3, -0.25) is 4.55 Å². The van der Waals surface area contributed by atoms with Crippen LogP contribution in [0.2, 0.25) is 0 Å². The normalized spacial score (nSPS) is 14.8. The van der Waals surface area contributed by atoms with Crippen LogP contribution < -0.4 is 0 Å². The first-order valence-corrected chi connectivity index (χ1v) is 7.39. The van der Waals surface area contributed by atoms with Gasteiger partial charge in [-0.1, -0.05) is 30.3 Å². The Morgan fingerprint density at radius 1 is 1.07 bits per heavy atom. The molecule has 7 heteroatoms. The Balaban J connectivity index is 3.41. The Kier molecular flexibility index (Phi) is 3.17. The summed E-state index contributed by atoms with van der Waals surface area (Å²) in [5.41, 5.74) is 0.0301. The summed E-state index contributed by atoms with van der Waals surface area (Å²) in [6.07, 6.45) is 0.762.